The van der Waals surface area contributed by atoms with Crippen molar-refractivity contribution in [3.63, 3.8) is 0 Å². The Hall–Kier alpha value is -1.39. The number of nitro groups is 1. The van der Waals surface area contributed by atoms with E-state index in [1.807, 2.05) is 6.92 Å². The van der Waals surface area contributed by atoms with Crippen LogP contribution in [0.5, 0.6) is 0 Å². The summed E-state index contributed by atoms with van der Waals surface area (Å²) in [4.78, 5) is 9.79. The normalized spacial score (nSPS) is 10.0. The molecule has 0 unspecified atom stereocenters. The van der Waals surface area contributed by atoms with Crippen molar-refractivity contribution >= 4 is 5.69 Å². The highest BCUT2D eigenvalue weighted by Crippen LogP contribution is 2.13. The van der Waals surface area contributed by atoms with Gasteiger partial charge in [0.05, 0.1) is 4.92 Å². The van der Waals surface area contributed by atoms with E-state index in [-0.39, 0.29) is 5.69 Å². The summed E-state index contributed by atoms with van der Waals surface area (Å²) in [6, 6.07) is 0. The maximum Gasteiger partial charge on any atom is 0.319 e. The average Bonchev–Trinajstić information content (AvgIpc) is 2.30. The van der Waals surface area contributed by atoms with Crippen molar-refractivity contribution in [1.29, 1.82) is 0 Å². The van der Waals surface area contributed by atoms with Gasteiger partial charge in [0.15, 0.2) is 6.20 Å². The Labute approximate surface area is 63.8 Å². The topological polar surface area (TPSA) is 61.0 Å². The van der Waals surface area contributed by atoms with E-state index in [0.29, 0.717) is 12.2 Å². The average molecular weight is 154 g/mol. The second kappa shape index (κ2) is 2.69. The van der Waals surface area contributed by atoms with Crippen LogP contribution in [-0.4, -0.2) is 14.7 Å². The predicted octanol–water partition coefficient (Wildman–Crippen LogP) is 0.920. The largest absolute Gasteiger partial charge is 0.319 e. The van der Waals surface area contributed by atoms with Gasteiger partial charge in [-0.15, -0.1) is 0 Å². The highest BCUT2D eigenvalue weighted by atomic mass is 16.6. The predicted molar refractivity (Wildman–Crippen MR) is 38.1 cm³/mol. The van der Waals surface area contributed by atoms with Crippen LogP contribution in [0, 0.1) is 23.2 Å². The summed E-state index contributed by atoms with van der Waals surface area (Å²) in [5, 5.41) is 14.1. The molecule has 0 aromatic carbocycles. The third-order valence-electron chi connectivity index (χ3n) is 1.33. The summed E-state index contributed by atoms with van der Waals surface area (Å²) in [5.74, 6) is 0. The van der Waals surface area contributed by atoms with Gasteiger partial charge in [-0.25, -0.2) is 0 Å². The van der Waals surface area contributed by atoms with Crippen molar-refractivity contribution in [2.24, 2.45) is 0 Å². The molecule has 0 saturated heterocycles. The lowest BCUT2D eigenvalue weighted by atomic mass is 10.4. The molecule has 5 heteroatoms. The van der Waals surface area contributed by atoms with Crippen molar-refractivity contribution in [2.45, 2.75) is 20.4 Å². The molecule has 1 radical (unpaired) electrons. The quantitative estimate of drug-likeness (QED) is 0.470. The summed E-state index contributed by atoms with van der Waals surface area (Å²) in [6.07, 6.45) is 2.54. The molecule has 0 amide bonds. The van der Waals surface area contributed by atoms with Gasteiger partial charge in [-0.1, -0.05) is 0 Å². The SMILES string of the molecule is CCn1[c]c([N+](=O)[O-])c(C)n1. The molecular formula is C6H8N3O2. The number of aromatic nitrogens is 2. The van der Waals surface area contributed by atoms with Gasteiger partial charge < -0.3 is 0 Å². The van der Waals surface area contributed by atoms with Crippen molar-refractivity contribution in [3.8, 4) is 0 Å². The molecule has 0 spiro atoms. The zero-order chi connectivity index (χ0) is 8.43. The minimum Gasteiger partial charge on any atom is -0.258 e. The molecule has 0 bridgehead atoms. The van der Waals surface area contributed by atoms with E-state index in [1.54, 1.807) is 6.92 Å². The van der Waals surface area contributed by atoms with Gasteiger partial charge >= 0.3 is 5.69 Å². The molecule has 0 aliphatic heterocycles. The Bertz CT molecular complexity index is 279. The summed E-state index contributed by atoms with van der Waals surface area (Å²) in [6.45, 7) is 4.06. The van der Waals surface area contributed by atoms with Gasteiger partial charge in [-0.05, 0) is 13.8 Å². The monoisotopic (exact) mass is 154 g/mol. The number of hydrogen-bond acceptors (Lipinski definition) is 3. The maximum atomic E-state index is 10.3. The van der Waals surface area contributed by atoms with Crippen LogP contribution in [-0.2, 0) is 6.54 Å². The Balaban J connectivity index is 3.07. The van der Waals surface area contributed by atoms with Gasteiger partial charge in [0, 0.05) is 6.54 Å². The molecule has 1 rings (SSSR count). The lowest BCUT2D eigenvalue weighted by Gasteiger charge is -1.86. The van der Waals surface area contributed by atoms with Gasteiger partial charge in [0.1, 0.15) is 5.69 Å². The maximum absolute atomic E-state index is 10.3. The van der Waals surface area contributed by atoms with Gasteiger partial charge in [0.25, 0.3) is 0 Å². The third-order valence-corrected chi connectivity index (χ3v) is 1.33. The lowest BCUT2D eigenvalue weighted by Crippen LogP contribution is -1.93. The molecule has 11 heavy (non-hydrogen) atoms. The summed E-state index contributed by atoms with van der Waals surface area (Å²) < 4.78 is 1.42. The molecular weight excluding hydrogens is 146 g/mol. The molecule has 0 fully saturated rings. The minimum atomic E-state index is -0.478. The standard InChI is InChI=1S/C6H8N3O2/c1-3-8-4-6(9(10)11)5(2)7-8/h3H2,1-2H3. The van der Waals surface area contributed by atoms with Crippen molar-refractivity contribution in [2.75, 3.05) is 0 Å². The van der Waals surface area contributed by atoms with Crippen molar-refractivity contribution in [1.82, 2.24) is 9.78 Å². The van der Waals surface area contributed by atoms with Crippen LogP contribution in [0.25, 0.3) is 0 Å². The van der Waals surface area contributed by atoms with E-state index >= 15 is 0 Å². The van der Waals surface area contributed by atoms with E-state index in [4.69, 9.17) is 0 Å². The molecule has 1 heterocycles. The fourth-order valence-electron chi connectivity index (χ4n) is 0.779. The summed E-state index contributed by atoms with van der Waals surface area (Å²) >= 11 is 0. The highest BCUT2D eigenvalue weighted by molar-refractivity contribution is 5.29. The Kier molecular flexibility index (Phi) is 1.89. The zero-order valence-electron chi connectivity index (χ0n) is 6.37. The van der Waals surface area contributed by atoms with Crippen LogP contribution in [0.4, 0.5) is 5.69 Å². The van der Waals surface area contributed by atoms with E-state index < -0.39 is 4.92 Å². The second-order valence-electron chi connectivity index (χ2n) is 2.12. The fraction of sp³-hybridized carbons (Fsp3) is 0.500. The van der Waals surface area contributed by atoms with E-state index in [0.717, 1.165) is 0 Å². The third kappa shape index (κ3) is 1.36. The first-order valence-electron chi connectivity index (χ1n) is 3.26. The van der Waals surface area contributed by atoms with Crippen LogP contribution in [0.1, 0.15) is 12.6 Å². The van der Waals surface area contributed by atoms with E-state index in [2.05, 4.69) is 11.3 Å². The smallest absolute Gasteiger partial charge is 0.258 e. The second-order valence-corrected chi connectivity index (χ2v) is 2.12. The Morgan fingerprint density at radius 2 is 2.45 bits per heavy atom. The molecule has 5 nitrogen and oxygen atoms in total. The Morgan fingerprint density at radius 1 is 1.82 bits per heavy atom. The summed E-state index contributed by atoms with van der Waals surface area (Å²) in [5.41, 5.74) is 0.378. The first-order valence-corrected chi connectivity index (χ1v) is 3.26. The molecule has 0 saturated carbocycles. The first-order chi connectivity index (χ1) is 5.15. The van der Waals surface area contributed by atoms with Crippen molar-refractivity contribution in [3.05, 3.63) is 22.0 Å². The lowest BCUT2D eigenvalue weighted by molar-refractivity contribution is -0.385. The number of nitrogens with zero attached hydrogens (tertiary/aromatic N) is 3. The van der Waals surface area contributed by atoms with E-state index in [9.17, 15) is 10.1 Å². The fourth-order valence-corrected chi connectivity index (χ4v) is 0.779. The molecule has 0 aliphatic rings. The van der Waals surface area contributed by atoms with Crippen LogP contribution in [0.3, 0.4) is 0 Å². The van der Waals surface area contributed by atoms with Crippen LogP contribution < -0.4 is 0 Å². The zero-order valence-corrected chi connectivity index (χ0v) is 6.37. The first kappa shape index (κ1) is 7.71. The van der Waals surface area contributed by atoms with Crippen molar-refractivity contribution < 1.29 is 4.92 Å². The minimum absolute atomic E-state index is 0.0353. The van der Waals surface area contributed by atoms with Crippen LogP contribution >= 0.6 is 0 Å². The Morgan fingerprint density at radius 3 is 2.73 bits per heavy atom. The molecule has 0 atom stereocenters. The van der Waals surface area contributed by atoms with Crippen LogP contribution in [0.2, 0.25) is 0 Å². The van der Waals surface area contributed by atoms with Gasteiger partial charge in [-0.2, -0.15) is 5.10 Å². The molecule has 1 aromatic heterocycles. The molecule has 0 N–H and O–H groups in total. The number of aryl methyl sites for hydroxylation is 2. The molecule has 59 valence electrons. The molecule has 0 aliphatic carbocycles. The van der Waals surface area contributed by atoms with Gasteiger partial charge in [-0.3, -0.25) is 14.8 Å². The summed E-state index contributed by atoms with van der Waals surface area (Å²) in [7, 11) is 0. The number of rotatable bonds is 2. The van der Waals surface area contributed by atoms with Crippen LogP contribution in [0.15, 0.2) is 0 Å². The molecule has 1 aromatic rings. The highest BCUT2D eigenvalue weighted by Gasteiger charge is 2.14. The van der Waals surface area contributed by atoms with Gasteiger partial charge in [0.2, 0.25) is 0 Å². The number of hydrogen-bond donors (Lipinski definition) is 0. The van der Waals surface area contributed by atoms with E-state index in [1.165, 1.54) is 4.68 Å².